The second-order valence-corrected chi connectivity index (χ2v) is 19.4. The van der Waals surface area contributed by atoms with Crippen molar-refractivity contribution in [1.29, 1.82) is 0 Å². The smallest absolute Gasteiger partial charge is 0.329 e. The van der Waals surface area contributed by atoms with Crippen molar-refractivity contribution in [2.24, 2.45) is 0 Å². The third kappa shape index (κ3) is 4.99. The van der Waals surface area contributed by atoms with E-state index in [-0.39, 0.29) is 0 Å². The van der Waals surface area contributed by atoms with Crippen LogP contribution in [-0.2, 0) is 8.85 Å². The molecule has 0 aromatic rings. The maximum absolute atomic E-state index is 10.8. The van der Waals surface area contributed by atoms with Gasteiger partial charge in [-0.3, -0.25) is 0 Å². The van der Waals surface area contributed by atoms with Gasteiger partial charge >= 0.3 is 8.56 Å². The van der Waals surface area contributed by atoms with Crippen molar-refractivity contribution >= 4 is 25.2 Å². The van der Waals surface area contributed by atoms with Gasteiger partial charge in [-0.15, -0.1) is 0 Å². The van der Waals surface area contributed by atoms with Gasteiger partial charge in [-0.2, -0.15) is 0 Å². The van der Waals surface area contributed by atoms with Gasteiger partial charge in [-0.25, -0.2) is 0 Å². The van der Waals surface area contributed by atoms with Gasteiger partial charge in [0, 0.05) is 0 Å². The largest absolute Gasteiger partial charge is 0.429 e. The fourth-order valence-corrected chi connectivity index (χ4v) is 12.0. The molecular weight excluding hydrogens is 328 g/mol. The molecule has 0 aliphatic carbocycles. The summed E-state index contributed by atoms with van der Waals surface area (Å²) in [6.45, 7) is 20.1. The third-order valence-electron chi connectivity index (χ3n) is 5.13. The molecule has 134 valence electrons. The monoisotopic (exact) mass is 366 g/mol. The second kappa shape index (κ2) is 7.16. The predicted molar refractivity (Wildman–Crippen MR) is 101 cm³/mol. The first-order chi connectivity index (χ1) is 9.60. The van der Waals surface area contributed by atoms with Crippen molar-refractivity contribution in [2.45, 2.75) is 96.7 Å². The van der Waals surface area contributed by atoms with Crippen LogP contribution >= 0.6 is 0 Å². The SMILES string of the molecule is CCC(CC)(O[Si](C)(C)[C@](C)(CC)O[Si](C)(C)O)[Si](C)(C)O. The minimum atomic E-state index is -2.66. The molecule has 0 saturated heterocycles. The van der Waals surface area contributed by atoms with Crippen molar-refractivity contribution in [1.82, 2.24) is 0 Å². The average molecular weight is 367 g/mol. The summed E-state index contributed by atoms with van der Waals surface area (Å²) in [5.41, 5.74) is 0. The standard InChI is InChI=1S/C15H38O4Si3/c1-11-14(4,18-22(9,10)17)21(7,8)19-15(12-2,13-3)20(5,6)16/h16-17H,11-13H2,1-10H3/t14-/m1/s1. The van der Waals surface area contributed by atoms with Crippen molar-refractivity contribution in [2.75, 3.05) is 0 Å². The van der Waals surface area contributed by atoms with E-state index < -0.39 is 35.6 Å². The molecule has 0 aromatic heterocycles. The zero-order valence-electron chi connectivity index (χ0n) is 16.3. The van der Waals surface area contributed by atoms with Gasteiger partial charge in [-0.05, 0) is 65.5 Å². The molecule has 0 fully saturated rings. The molecule has 0 amide bonds. The molecule has 22 heavy (non-hydrogen) atoms. The van der Waals surface area contributed by atoms with E-state index in [4.69, 9.17) is 8.85 Å². The van der Waals surface area contributed by atoms with E-state index in [2.05, 4.69) is 40.8 Å². The molecule has 7 heteroatoms. The van der Waals surface area contributed by atoms with E-state index >= 15 is 0 Å². The summed E-state index contributed by atoms with van der Waals surface area (Å²) in [5.74, 6) is 0. The van der Waals surface area contributed by atoms with Gasteiger partial charge in [0.1, 0.15) is 0 Å². The molecule has 2 N–H and O–H groups in total. The quantitative estimate of drug-likeness (QED) is 0.607. The van der Waals surface area contributed by atoms with Crippen LogP contribution in [0.5, 0.6) is 0 Å². The molecule has 0 aliphatic rings. The summed E-state index contributed by atoms with van der Waals surface area (Å²) in [6, 6.07) is 0. The molecule has 0 unspecified atom stereocenters. The third-order valence-corrected chi connectivity index (χ3v) is 13.4. The maximum atomic E-state index is 10.8. The van der Waals surface area contributed by atoms with E-state index in [1.54, 1.807) is 13.1 Å². The molecule has 0 aromatic carbocycles. The molecule has 0 aliphatic heterocycles. The van der Waals surface area contributed by atoms with Crippen molar-refractivity contribution in [3.8, 4) is 0 Å². The van der Waals surface area contributed by atoms with Gasteiger partial charge in [0.05, 0.1) is 10.4 Å². The average Bonchev–Trinajstić information content (AvgIpc) is 2.32. The summed E-state index contributed by atoms with van der Waals surface area (Å²) in [4.78, 5) is 21.1. The van der Waals surface area contributed by atoms with E-state index in [0.29, 0.717) is 0 Å². The lowest BCUT2D eigenvalue weighted by Crippen LogP contribution is -2.67. The van der Waals surface area contributed by atoms with E-state index in [1.807, 2.05) is 13.1 Å². The second-order valence-electron chi connectivity index (χ2n) is 8.01. The van der Waals surface area contributed by atoms with E-state index in [9.17, 15) is 9.59 Å². The number of hydrogen-bond acceptors (Lipinski definition) is 4. The zero-order valence-corrected chi connectivity index (χ0v) is 19.3. The van der Waals surface area contributed by atoms with Crippen LogP contribution in [0.2, 0.25) is 39.3 Å². The Morgan fingerprint density at radius 3 is 1.41 bits per heavy atom. The van der Waals surface area contributed by atoms with Gasteiger partial charge in [0.15, 0.2) is 0 Å². The maximum Gasteiger partial charge on any atom is 0.329 e. The first-order valence-electron chi connectivity index (χ1n) is 8.45. The highest BCUT2D eigenvalue weighted by atomic mass is 28.4. The summed E-state index contributed by atoms with van der Waals surface area (Å²) in [5, 5.41) is -0.920. The number of hydrogen-bond donors (Lipinski definition) is 2. The van der Waals surface area contributed by atoms with Crippen molar-refractivity contribution < 1.29 is 18.4 Å². The Morgan fingerprint density at radius 2 is 1.18 bits per heavy atom. The van der Waals surface area contributed by atoms with Crippen LogP contribution in [0, 0.1) is 0 Å². The zero-order chi connectivity index (χ0) is 18.0. The van der Waals surface area contributed by atoms with Crippen LogP contribution in [0.15, 0.2) is 0 Å². The van der Waals surface area contributed by atoms with Gasteiger partial charge in [0.25, 0.3) is 0 Å². The normalized spacial score (nSPS) is 17.5. The van der Waals surface area contributed by atoms with Crippen LogP contribution in [0.3, 0.4) is 0 Å². The Kier molecular flexibility index (Phi) is 7.32. The van der Waals surface area contributed by atoms with Crippen molar-refractivity contribution in [3.63, 3.8) is 0 Å². The summed E-state index contributed by atoms with van der Waals surface area (Å²) in [6.07, 6.45) is 2.39. The molecule has 0 saturated carbocycles. The molecule has 4 nitrogen and oxygen atoms in total. The van der Waals surface area contributed by atoms with Crippen LogP contribution in [0.1, 0.15) is 47.0 Å². The van der Waals surface area contributed by atoms with E-state index in [1.165, 1.54) is 0 Å². The summed E-state index contributed by atoms with van der Waals surface area (Å²) in [7, 11) is -7.48. The van der Waals surface area contributed by atoms with Gasteiger partial charge in [0.2, 0.25) is 16.6 Å². The molecule has 0 rings (SSSR count). The Labute approximate surface area is 140 Å². The van der Waals surface area contributed by atoms with Crippen LogP contribution in [0.4, 0.5) is 0 Å². The highest BCUT2D eigenvalue weighted by molar-refractivity contribution is 6.78. The fraction of sp³-hybridized carbons (Fsp3) is 1.00. The fourth-order valence-electron chi connectivity index (χ4n) is 3.15. The molecule has 0 spiro atoms. The van der Waals surface area contributed by atoms with Crippen LogP contribution in [-0.4, -0.2) is 45.2 Å². The lowest BCUT2D eigenvalue weighted by molar-refractivity contribution is 0.0462. The highest BCUT2D eigenvalue weighted by Crippen LogP contribution is 2.39. The first kappa shape index (κ1) is 22.5. The Hall–Kier alpha value is 0.491. The van der Waals surface area contributed by atoms with E-state index in [0.717, 1.165) is 19.3 Å². The Bertz CT molecular complexity index is 357. The van der Waals surface area contributed by atoms with Crippen LogP contribution in [0.25, 0.3) is 0 Å². The highest BCUT2D eigenvalue weighted by Gasteiger charge is 2.55. The summed E-state index contributed by atoms with van der Waals surface area (Å²) >= 11 is 0. The number of rotatable bonds is 9. The van der Waals surface area contributed by atoms with Gasteiger partial charge < -0.3 is 18.4 Å². The van der Waals surface area contributed by atoms with Crippen LogP contribution < -0.4 is 0 Å². The minimum absolute atomic E-state index is 0.455. The van der Waals surface area contributed by atoms with Crippen molar-refractivity contribution in [3.05, 3.63) is 0 Å². The molecular formula is C15H38O4Si3. The molecule has 0 bridgehead atoms. The topological polar surface area (TPSA) is 58.9 Å². The minimum Gasteiger partial charge on any atom is -0.429 e. The Balaban J connectivity index is 5.69. The Morgan fingerprint density at radius 1 is 0.773 bits per heavy atom. The first-order valence-corrected chi connectivity index (χ1v) is 17.2. The lowest BCUT2D eigenvalue weighted by atomic mass is 10.2. The lowest BCUT2D eigenvalue weighted by Gasteiger charge is -2.52. The molecule has 0 heterocycles. The predicted octanol–water partition coefficient (Wildman–Crippen LogP) is 3.92. The molecule has 1 atom stereocenters. The summed E-state index contributed by atoms with van der Waals surface area (Å²) < 4.78 is 12.9. The molecule has 0 radical (unpaired) electrons. The van der Waals surface area contributed by atoms with Gasteiger partial charge in [-0.1, -0.05) is 20.8 Å².